The average Bonchev–Trinajstić information content (AvgIpc) is 3.16. The van der Waals surface area contributed by atoms with E-state index >= 15 is 0 Å². The number of aldehydes is 1. The van der Waals surface area contributed by atoms with E-state index in [2.05, 4.69) is 24.1 Å². The van der Waals surface area contributed by atoms with Gasteiger partial charge in [0.25, 0.3) is 5.91 Å². The molecule has 0 aliphatic rings. The molecule has 0 bridgehead atoms. The summed E-state index contributed by atoms with van der Waals surface area (Å²) in [6.07, 6.45) is 44.0. The number of aliphatic hydroxyl groups excluding tert-OH is 1. The highest BCUT2D eigenvalue weighted by Crippen LogP contribution is 2.16. The molecule has 1 aromatic rings. The van der Waals surface area contributed by atoms with Gasteiger partial charge in [-0.1, -0.05) is 225 Å². The largest absolute Gasteiger partial charge is 0.390 e. The van der Waals surface area contributed by atoms with Crippen molar-refractivity contribution in [3.63, 3.8) is 0 Å². The van der Waals surface area contributed by atoms with Crippen molar-refractivity contribution in [1.29, 1.82) is 0 Å². The lowest BCUT2D eigenvalue weighted by Crippen LogP contribution is -2.41. The molecule has 1 unspecified atom stereocenters. The molecule has 0 heterocycles. The number of aliphatic hydroxyl groups is 1. The van der Waals surface area contributed by atoms with Crippen molar-refractivity contribution in [3.8, 4) is 0 Å². The Labute approximate surface area is 323 Å². The molecule has 0 aliphatic heterocycles. The maximum atomic E-state index is 12.7. The Balaban J connectivity index is 2.24. The summed E-state index contributed by atoms with van der Waals surface area (Å²) in [5.41, 5.74) is 0.742. The number of rotatable bonds is 40. The molecule has 5 heteroatoms. The molecule has 0 aromatic heterocycles. The Bertz CT molecular complexity index is 886. The molecule has 2 N–H and O–H groups in total. The number of amides is 1. The molecule has 1 amide bonds. The van der Waals surface area contributed by atoms with Crippen molar-refractivity contribution in [2.75, 3.05) is 26.2 Å². The van der Waals surface area contributed by atoms with E-state index in [1.807, 2.05) is 0 Å². The van der Waals surface area contributed by atoms with E-state index in [9.17, 15) is 14.7 Å². The van der Waals surface area contributed by atoms with E-state index in [4.69, 9.17) is 0 Å². The minimum atomic E-state index is -0.630. The summed E-state index contributed by atoms with van der Waals surface area (Å²) in [6, 6.07) is 6.82. The number of nitrogens with zero attached hydrogens (tertiary/aromatic N) is 1. The quantitative estimate of drug-likeness (QED) is 0.0522. The predicted molar refractivity (Wildman–Crippen MR) is 226 cm³/mol. The van der Waals surface area contributed by atoms with Crippen molar-refractivity contribution in [2.24, 2.45) is 0 Å². The molecule has 0 fully saturated rings. The first-order valence-electron chi connectivity index (χ1n) is 22.8. The van der Waals surface area contributed by atoms with Crippen LogP contribution in [0.4, 0.5) is 0 Å². The van der Waals surface area contributed by atoms with Crippen LogP contribution in [0.2, 0.25) is 0 Å². The lowest BCUT2D eigenvalue weighted by Gasteiger charge is -2.25. The SMILES string of the molecule is CCCCCCCCCCCCCCCCCCN(CCCCCCCCCCCCCCCCCC)CC(O)CNC(=O)c1ccccc1C=O. The summed E-state index contributed by atoms with van der Waals surface area (Å²) in [6.45, 7) is 7.37. The van der Waals surface area contributed by atoms with E-state index < -0.39 is 6.10 Å². The van der Waals surface area contributed by atoms with E-state index in [0.29, 0.717) is 24.0 Å². The molecule has 0 radical (unpaired) electrons. The summed E-state index contributed by atoms with van der Waals surface area (Å²) in [7, 11) is 0. The molecule has 0 saturated carbocycles. The normalized spacial score (nSPS) is 12.1. The predicted octanol–water partition coefficient (Wildman–Crippen LogP) is 13.4. The van der Waals surface area contributed by atoms with Gasteiger partial charge in [-0.3, -0.25) is 9.59 Å². The Morgan fingerprint density at radius 1 is 0.558 bits per heavy atom. The first-order chi connectivity index (χ1) is 25.6. The van der Waals surface area contributed by atoms with Crippen LogP contribution in [0.3, 0.4) is 0 Å². The van der Waals surface area contributed by atoms with Crippen molar-refractivity contribution in [1.82, 2.24) is 10.2 Å². The van der Waals surface area contributed by atoms with Gasteiger partial charge in [0, 0.05) is 24.2 Å². The van der Waals surface area contributed by atoms with Crippen LogP contribution in [0, 0.1) is 0 Å². The summed E-state index contributed by atoms with van der Waals surface area (Å²) in [5, 5.41) is 13.7. The Kier molecular flexibility index (Phi) is 34.9. The van der Waals surface area contributed by atoms with Crippen molar-refractivity contribution in [2.45, 2.75) is 225 Å². The van der Waals surface area contributed by atoms with E-state index in [0.717, 1.165) is 13.1 Å². The zero-order valence-corrected chi connectivity index (χ0v) is 34.6. The number of nitrogens with one attached hydrogen (secondary N) is 1. The maximum Gasteiger partial charge on any atom is 0.252 e. The molecule has 0 aliphatic carbocycles. The third-order valence-corrected chi connectivity index (χ3v) is 11.0. The third-order valence-electron chi connectivity index (χ3n) is 11.0. The Hall–Kier alpha value is -1.72. The molecule has 5 nitrogen and oxygen atoms in total. The van der Waals surface area contributed by atoms with Gasteiger partial charge < -0.3 is 15.3 Å². The van der Waals surface area contributed by atoms with Gasteiger partial charge in [-0.25, -0.2) is 0 Å². The third kappa shape index (κ3) is 29.7. The van der Waals surface area contributed by atoms with Gasteiger partial charge in [-0.05, 0) is 32.0 Å². The Morgan fingerprint density at radius 2 is 0.885 bits per heavy atom. The van der Waals surface area contributed by atoms with E-state index in [1.54, 1.807) is 24.3 Å². The second-order valence-corrected chi connectivity index (χ2v) is 16.0. The second kappa shape index (κ2) is 37.6. The number of unbranched alkanes of at least 4 members (excludes halogenated alkanes) is 30. The molecular formula is C47H86N2O3. The summed E-state index contributed by atoms with van der Waals surface area (Å²) >= 11 is 0. The van der Waals surface area contributed by atoms with Crippen LogP contribution in [0.1, 0.15) is 240 Å². The Morgan fingerprint density at radius 3 is 1.23 bits per heavy atom. The fraction of sp³-hybridized carbons (Fsp3) is 0.830. The van der Waals surface area contributed by atoms with Gasteiger partial charge >= 0.3 is 0 Å². The van der Waals surface area contributed by atoms with E-state index in [1.165, 1.54) is 205 Å². The van der Waals surface area contributed by atoms with E-state index in [-0.39, 0.29) is 12.5 Å². The number of benzene rings is 1. The minimum Gasteiger partial charge on any atom is -0.390 e. The molecule has 302 valence electrons. The topological polar surface area (TPSA) is 69.6 Å². The summed E-state index contributed by atoms with van der Waals surface area (Å²) in [5.74, 6) is -0.302. The maximum absolute atomic E-state index is 12.7. The lowest BCUT2D eigenvalue weighted by molar-refractivity contribution is 0.0851. The van der Waals surface area contributed by atoms with Crippen LogP contribution in [-0.2, 0) is 0 Å². The fourth-order valence-corrected chi connectivity index (χ4v) is 7.54. The van der Waals surface area contributed by atoms with Crippen molar-refractivity contribution >= 4 is 12.2 Å². The lowest BCUT2D eigenvalue weighted by atomic mass is 10.0. The van der Waals surface area contributed by atoms with Gasteiger partial charge in [0.05, 0.1) is 6.10 Å². The number of carbonyl (C=O) groups is 2. The van der Waals surface area contributed by atoms with Gasteiger partial charge in [0.15, 0.2) is 6.29 Å². The van der Waals surface area contributed by atoms with Crippen LogP contribution in [-0.4, -0.2) is 54.5 Å². The van der Waals surface area contributed by atoms with Gasteiger partial charge in [0.1, 0.15) is 0 Å². The first-order valence-corrected chi connectivity index (χ1v) is 22.8. The van der Waals surface area contributed by atoms with Crippen LogP contribution in [0.15, 0.2) is 24.3 Å². The average molecular weight is 727 g/mol. The minimum absolute atomic E-state index is 0.195. The van der Waals surface area contributed by atoms with Crippen LogP contribution < -0.4 is 5.32 Å². The fourth-order valence-electron chi connectivity index (χ4n) is 7.54. The zero-order chi connectivity index (χ0) is 37.6. The molecule has 1 rings (SSSR count). The summed E-state index contributed by atoms with van der Waals surface area (Å²) < 4.78 is 0. The smallest absolute Gasteiger partial charge is 0.252 e. The van der Waals surface area contributed by atoms with Gasteiger partial charge in [-0.15, -0.1) is 0 Å². The molecule has 1 atom stereocenters. The molecule has 0 saturated heterocycles. The van der Waals surface area contributed by atoms with Crippen LogP contribution in [0.25, 0.3) is 0 Å². The molecule has 1 aromatic carbocycles. The highest BCUT2D eigenvalue weighted by Gasteiger charge is 2.15. The van der Waals surface area contributed by atoms with Crippen LogP contribution >= 0.6 is 0 Å². The number of hydrogen-bond acceptors (Lipinski definition) is 4. The monoisotopic (exact) mass is 727 g/mol. The van der Waals surface area contributed by atoms with Crippen molar-refractivity contribution < 1.29 is 14.7 Å². The summed E-state index contributed by atoms with van der Waals surface area (Å²) in [4.78, 5) is 26.5. The van der Waals surface area contributed by atoms with Gasteiger partial charge in [-0.2, -0.15) is 0 Å². The highest BCUT2D eigenvalue weighted by atomic mass is 16.3. The molecule has 52 heavy (non-hydrogen) atoms. The number of hydrogen-bond donors (Lipinski definition) is 2. The van der Waals surface area contributed by atoms with Crippen molar-refractivity contribution in [3.05, 3.63) is 35.4 Å². The zero-order valence-electron chi connectivity index (χ0n) is 34.6. The second-order valence-electron chi connectivity index (χ2n) is 16.0. The molecular weight excluding hydrogens is 641 g/mol. The van der Waals surface area contributed by atoms with Gasteiger partial charge in [0.2, 0.25) is 0 Å². The number of carbonyl (C=O) groups excluding carboxylic acids is 2. The molecule has 0 spiro atoms. The first kappa shape index (κ1) is 48.3. The highest BCUT2D eigenvalue weighted by molar-refractivity contribution is 6.01. The standard InChI is InChI=1S/C47H86N2O3/c1-3-5-7-9-11-13-15-17-19-21-23-25-27-29-31-35-39-49(42-45(51)41-48-47(52)46-38-34-33-37-44(46)43-50)40-36-32-30-28-26-24-22-20-18-16-14-12-10-8-6-4-2/h33-34,37-38,43,45,51H,3-32,35-36,39-42H2,1-2H3,(H,48,52). The van der Waals surface area contributed by atoms with Crippen LogP contribution in [0.5, 0.6) is 0 Å².